The zero-order valence-electron chi connectivity index (χ0n) is 9.38. The van der Waals surface area contributed by atoms with Crippen molar-refractivity contribution in [2.75, 3.05) is 0 Å². The Labute approximate surface area is 108 Å². The molecule has 1 atom stereocenters. The maximum Gasteiger partial charge on any atom is 0.319 e. The maximum absolute atomic E-state index is 11.8. The highest BCUT2D eigenvalue weighted by Crippen LogP contribution is 2.25. The molecular weight excluding hydrogens is 260 g/mol. The molecule has 7 nitrogen and oxygen atoms in total. The number of rotatable bonds is 4. The topological polar surface area (TPSA) is 109 Å². The van der Waals surface area contributed by atoms with Gasteiger partial charge < -0.3 is 5.32 Å². The summed E-state index contributed by atoms with van der Waals surface area (Å²) in [6, 6.07) is 2.68. The third-order valence-corrected chi connectivity index (χ3v) is 2.36. The molecule has 0 saturated carbocycles. The van der Waals surface area contributed by atoms with E-state index in [9.17, 15) is 14.9 Å². The Bertz CT molecular complexity index is 526. The smallest absolute Gasteiger partial charge is 0.319 e. The molecule has 1 aromatic heterocycles. The van der Waals surface area contributed by atoms with Crippen LogP contribution >= 0.6 is 11.6 Å². The minimum atomic E-state index is -0.765. The fraction of sp³-hybridized carbons (Fsp3) is 0.300. The molecule has 0 fully saturated rings. The van der Waals surface area contributed by atoms with Gasteiger partial charge in [0.15, 0.2) is 0 Å². The van der Waals surface area contributed by atoms with E-state index in [-0.39, 0.29) is 17.1 Å². The van der Waals surface area contributed by atoms with Gasteiger partial charge in [0.25, 0.3) is 5.91 Å². The second-order valence-corrected chi connectivity index (χ2v) is 3.85. The van der Waals surface area contributed by atoms with Crippen molar-refractivity contribution in [3.05, 3.63) is 33.1 Å². The number of aromatic nitrogens is 1. The molecule has 0 saturated heterocycles. The Hall–Kier alpha value is -2.20. The van der Waals surface area contributed by atoms with Crippen LogP contribution in [0, 0.1) is 21.4 Å². The van der Waals surface area contributed by atoms with E-state index in [1.807, 2.05) is 6.07 Å². The van der Waals surface area contributed by atoms with Crippen LogP contribution < -0.4 is 5.32 Å². The first kappa shape index (κ1) is 13.9. The summed E-state index contributed by atoms with van der Waals surface area (Å²) in [4.78, 5) is 25.4. The van der Waals surface area contributed by atoms with Crippen LogP contribution in [0.2, 0.25) is 5.15 Å². The summed E-state index contributed by atoms with van der Waals surface area (Å²) in [6.07, 6.45) is 1.32. The molecule has 1 N–H and O–H groups in total. The molecular formula is C10H9ClN4O3. The lowest BCUT2D eigenvalue weighted by Crippen LogP contribution is -2.32. The zero-order valence-corrected chi connectivity index (χ0v) is 10.1. The number of hydrogen-bond acceptors (Lipinski definition) is 5. The number of hydrogen-bond donors (Lipinski definition) is 1. The van der Waals surface area contributed by atoms with Gasteiger partial charge in [-0.25, -0.2) is 4.98 Å². The van der Waals surface area contributed by atoms with Crippen LogP contribution in [0.5, 0.6) is 0 Å². The minimum absolute atomic E-state index is 0.109. The van der Waals surface area contributed by atoms with Crippen LogP contribution in [0.1, 0.15) is 23.7 Å². The van der Waals surface area contributed by atoms with E-state index < -0.39 is 22.6 Å². The number of carbonyl (C=O) groups is 1. The van der Waals surface area contributed by atoms with Crippen LogP contribution in [0.3, 0.4) is 0 Å². The molecule has 1 rings (SSSR count). The van der Waals surface area contributed by atoms with Crippen molar-refractivity contribution in [2.24, 2.45) is 0 Å². The summed E-state index contributed by atoms with van der Waals surface area (Å²) in [5.74, 6) is -0.659. The molecule has 0 aliphatic carbocycles. The summed E-state index contributed by atoms with van der Waals surface area (Å²) >= 11 is 5.58. The number of pyridine rings is 1. The predicted molar refractivity (Wildman–Crippen MR) is 63.1 cm³/mol. The number of carbonyl (C=O) groups excluding carboxylic acids is 1. The fourth-order valence-corrected chi connectivity index (χ4v) is 1.50. The van der Waals surface area contributed by atoms with Crippen LogP contribution in [0.25, 0.3) is 0 Å². The van der Waals surface area contributed by atoms with E-state index in [1.165, 1.54) is 12.3 Å². The summed E-state index contributed by atoms with van der Waals surface area (Å²) in [5, 5.41) is 21.4. The summed E-state index contributed by atoms with van der Waals surface area (Å²) in [7, 11) is 0. The molecule has 94 valence electrons. The van der Waals surface area contributed by atoms with Gasteiger partial charge in [-0.3, -0.25) is 14.9 Å². The molecule has 1 amide bonds. The van der Waals surface area contributed by atoms with E-state index >= 15 is 0 Å². The number of halogens is 1. The quantitative estimate of drug-likeness (QED) is 0.507. The van der Waals surface area contributed by atoms with Gasteiger partial charge in [-0.1, -0.05) is 11.6 Å². The third-order valence-electron chi connectivity index (χ3n) is 2.08. The van der Waals surface area contributed by atoms with Gasteiger partial charge in [0.1, 0.15) is 5.56 Å². The van der Waals surface area contributed by atoms with Gasteiger partial charge in [-0.2, -0.15) is 5.26 Å². The van der Waals surface area contributed by atoms with Gasteiger partial charge in [0.05, 0.1) is 17.4 Å². The largest absolute Gasteiger partial charge is 0.348 e. The maximum atomic E-state index is 11.8. The predicted octanol–water partition coefficient (Wildman–Crippen LogP) is 1.68. The third kappa shape index (κ3) is 3.15. The molecule has 1 unspecified atom stereocenters. The lowest BCUT2D eigenvalue weighted by atomic mass is 10.2. The Morgan fingerprint density at radius 1 is 1.78 bits per heavy atom. The molecule has 0 aliphatic heterocycles. The molecule has 0 radical (unpaired) electrons. The van der Waals surface area contributed by atoms with E-state index in [4.69, 9.17) is 16.9 Å². The van der Waals surface area contributed by atoms with Crippen LogP contribution in [0.15, 0.2) is 12.3 Å². The highest BCUT2D eigenvalue weighted by molar-refractivity contribution is 6.32. The number of amides is 1. The van der Waals surface area contributed by atoms with Gasteiger partial charge in [0.2, 0.25) is 5.15 Å². The van der Waals surface area contributed by atoms with Crippen molar-refractivity contribution in [2.45, 2.75) is 19.4 Å². The summed E-state index contributed by atoms with van der Waals surface area (Å²) < 4.78 is 0. The number of nitrogens with one attached hydrogen (secondary N) is 1. The normalized spacial score (nSPS) is 11.4. The van der Waals surface area contributed by atoms with Crippen molar-refractivity contribution in [3.63, 3.8) is 0 Å². The molecule has 1 heterocycles. The molecule has 1 aromatic rings. The lowest BCUT2D eigenvalue weighted by Gasteiger charge is -2.10. The highest BCUT2D eigenvalue weighted by Gasteiger charge is 2.25. The standard InChI is InChI=1S/C10H9ClN4O3/c1-6(2-4-12)14-10(16)7-3-5-13-9(11)8(7)15(17)18/h3,5-6H,2H2,1H3,(H,14,16). The van der Waals surface area contributed by atoms with Crippen molar-refractivity contribution >= 4 is 23.2 Å². The Kier molecular flexibility index (Phi) is 4.57. The van der Waals surface area contributed by atoms with Crippen molar-refractivity contribution in [1.82, 2.24) is 10.3 Å². The Balaban J connectivity index is 3.03. The second kappa shape index (κ2) is 5.93. The lowest BCUT2D eigenvalue weighted by molar-refractivity contribution is -0.385. The molecule has 0 aliphatic rings. The van der Waals surface area contributed by atoms with Crippen LogP contribution in [-0.4, -0.2) is 21.9 Å². The van der Waals surface area contributed by atoms with Crippen molar-refractivity contribution in [3.8, 4) is 6.07 Å². The molecule has 0 bridgehead atoms. The van der Waals surface area contributed by atoms with Gasteiger partial charge in [0, 0.05) is 12.2 Å². The Morgan fingerprint density at radius 3 is 3.00 bits per heavy atom. The first-order chi connectivity index (χ1) is 8.47. The molecule has 8 heteroatoms. The highest BCUT2D eigenvalue weighted by atomic mass is 35.5. The average Bonchev–Trinajstić information content (AvgIpc) is 2.28. The first-order valence-corrected chi connectivity index (χ1v) is 5.32. The van der Waals surface area contributed by atoms with E-state index in [2.05, 4.69) is 10.3 Å². The zero-order chi connectivity index (χ0) is 13.7. The van der Waals surface area contributed by atoms with Crippen LogP contribution in [-0.2, 0) is 0 Å². The minimum Gasteiger partial charge on any atom is -0.348 e. The molecule has 18 heavy (non-hydrogen) atoms. The summed E-state index contributed by atoms with van der Waals surface area (Å²) in [5.41, 5.74) is -0.717. The first-order valence-electron chi connectivity index (χ1n) is 4.94. The average molecular weight is 269 g/mol. The number of nitriles is 1. The molecule has 0 spiro atoms. The number of nitrogens with zero attached hydrogens (tertiary/aromatic N) is 3. The summed E-state index contributed by atoms with van der Waals surface area (Å²) in [6.45, 7) is 1.62. The fourth-order valence-electron chi connectivity index (χ4n) is 1.27. The van der Waals surface area contributed by atoms with Crippen molar-refractivity contribution < 1.29 is 9.72 Å². The SMILES string of the molecule is CC(CC#N)NC(=O)c1ccnc(Cl)c1[N+](=O)[O-]. The molecule has 0 aromatic carbocycles. The second-order valence-electron chi connectivity index (χ2n) is 3.49. The van der Waals surface area contributed by atoms with E-state index in [0.29, 0.717) is 0 Å². The van der Waals surface area contributed by atoms with E-state index in [1.54, 1.807) is 6.92 Å². The van der Waals surface area contributed by atoms with Crippen molar-refractivity contribution in [1.29, 1.82) is 5.26 Å². The van der Waals surface area contributed by atoms with Gasteiger partial charge in [-0.05, 0) is 13.0 Å². The van der Waals surface area contributed by atoms with Crippen LogP contribution in [0.4, 0.5) is 5.69 Å². The Morgan fingerprint density at radius 2 is 2.44 bits per heavy atom. The number of nitro groups is 1. The monoisotopic (exact) mass is 268 g/mol. The van der Waals surface area contributed by atoms with Gasteiger partial charge >= 0.3 is 5.69 Å². The van der Waals surface area contributed by atoms with E-state index in [0.717, 1.165) is 0 Å². The van der Waals surface area contributed by atoms with Gasteiger partial charge in [-0.15, -0.1) is 0 Å².